The Balaban J connectivity index is 1.67. The van der Waals surface area contributed by atoms with Crippen molar-refractivity contribution in [1.82, 2.24) is 19.7 Å². The van der Waals surface area contributed by atoms with Crippen molar-refractivity contribution in [2.75, 3.05) is 13.1 Å². The van der Waals surface area contributed by atoms with Crippen LogP contribution in [-0.2, 0) is 13.6 Å². The first kappa shape index (κ1) is 14.7. The van der Waals surface area contributed by atoms with E-state index in [1.807, 2.05) is 23.7 Å². The topological polar surface area (TPSA) is 71.2 Å². The number of carboxylic acids is 1. The summed E-state index contributed by atoms with van der Waals surface area (Å²) in [5.41, 5.74) is 1.56. The third-order valence-electron chi connectivity index (χ3n) is 4.30. The maximum Gasteiger partial charge on any atom is 0.335 e. The Morgan fingerprint density at radius 1 is 1.36 bits per heavy atom. The predicted molar refractivity (Wildman–Crippen MR) is 81.7 cm³/mol. The fraction of sp³-hybridized carbons (Fsp3) is 0.438. The van der Waals surface area contributed by atoms with Crippen LogP contribution in [0.1, 0.15) is 40.5 Å². The molecule has 1 aromatic heterocycles. The first-order valence-electron chi connectivity index (χ1n) is 7.52. The Labute approximate surface area is 129 Å². The smallest absolute Gasteiger partial charge is 0.335 e. The lowest BCUT2D eigenvalue weighted by molar-refractivity contribution is 0.0697. The van der Waals surface area contributed by atoms with Crippen LogP contribution in [0.4, 0.5) is 0 Å². The van der Waals surface area contributed by atoms with E-state index in [-0.39, 0.29) is 0 Å². The normalized spacial score (nSPS) is 19.2. The molecule has 1 aliphatic rings. The molecule has 3 rings (SSSR count). The highest BCUT2D eigenvalue weighted by atomic mass is 16.4. The number of nitrogens with zero attached hydrogens (tertiary/aromatic N) is 4. The van der Waals surface area contributed by atoms with Gasteiger partial charge in [0.1, 0.15) is 12.2 Å². The monoisotopic (exact) mass is 300 g/mol. The van der Waals surface area contributed by atoms with E-state index in [2.05, 4.69) is 15.1 Å². The largest absolute Gasteiger partial charge is 0.478 e. The minimum absolute atomic E-state index is 0.343. The molecular formula is C16H20N4O2. The summed E-state index contributed by atoms with van der Waals surface area (Å²) in [6.45, 7) is 2.84. The Morgan fingerprint density at radius 3 is 2.77 bits per heavy atom. The molecule has 6 nitrogen and oxygen atoms in total. The van der Waals surface area contributed by atoms with E-state index in [1.165, 1.54) is 5.56 Å². The lowest BCUT2D eigenvalue weighted by atomic mass is 9.90. The number of aryl methyl sites for hydroxylation is 1. The lowest BCUT2D eigenvalue weighted by Crippen LogP contribution is -2.34. The molecule has 2 aromatic rings. The molecule has 0 saturated carbocycles. The SMILES string of the molecule is Cn1cnnc1CN1CCC[C@H](c2ccc(C(=O)O)cc2)C1. The molecule has 0 amide bonds. The van der Waals surface area contributed by atoms with Gasteiger partial charge in [-0.25, -0.2) is 4.79 Å². The van der Waals surface area contributed by atoms with Crippen LogP contribution in [0, 0.1) is 0 Å². The zero-order valence-corrected chi connectivity index (χ0v) is 12.6. The molecule has 0 unspecified atom stereocenters. The summed E-state index contributed by atoms with van der Waals surface area (Å²) in [6.07, 6.45) is 4.01. The number of aromatic carboxylic acids is 1. The average molecular weight is 300 g/mol. The van der Waals surface area contributed by atoms with Crippen LogP contribution in [0.2, 0.25) is 0 Å². The highest BCUT2D eigenvalue weighted by Crippen LogP contribution is 2.27. The number of aromatic nitrogens is 3. The molecular weight excluding hydrogens is 280 g/mol. The summed E-state index contributed by atoms with van der Waals surface area (Å²) >= 11 is 0. The second-order valence-corrected chi connectivity index (χ2v) is 5.86. The number of carboxylic acid groups (broad SMARTS) is 1. The maximum absolute atomic E-state index is 10.9. The molecule has 116 valence electrons. The number of benzene rings is 1. The zero-order chi connectivity index (χ0) is 15.5. The van der Waals surface area contributed by atoms with E-state index in [0.717, 1.165) is 38.3 Å². The number of hydrogen-bond donors (Lipinski definition) is 1. The summed E-state index contributed by atoms with van der Waals surface area (Å²) in [5.74, 6) is 0.547. The molecule has 1 aliphatic heterocycles. The van der Waals surface area contributed by atoms with Crippen LogP contribution in [0.5, 0.6) is 0 Å². The number of piperidine rings is 1. The number of carbonyl (C=O) groups is 1. The van der Waals surface area contributed by atoms with Gasteiger partial charge in [-0.1, -0.05) is 12.1 Å². The van der Waals surface area contributed by atoms with E-state index in [0.29, 0.717) is 11.5 Å². The molecule has 0 aliphatic carbocycles. The van der Waals surface area contributed by atoms with Gasteiger partial charge < -0.3 is 9.67 Å². The summed E-state index contributed by atoms with van der Waals surface area (Å²) < 4.78 is 1.95. The van der Waals surface area contributed by atoms with Crippen LogP contribution < -0.4 is 0 Å². The molecule has 0 bridgehead atoms. The van der Waals surface area contributed by atoms with Crippen molar-refractivity contribution >= 4 is 5.97 Å². The molecule has 1 fully saturated rings. The molecule has 22 heavy (non-hydrogen) atoms. The van der Waals surface area contributed by atoms with Gasteiger partial charge in [0.25, 0.3) is 0 Å². The molecule has 1 atom stereocenters. The highest BCUT2D eigenvalue weighted by Gasteiger charge is 2.22. The average Bonchev–Trinajstić information content (AvgIpc) is 2.93. The van der Waals surface area contributed by atoms with Crippen LogP contribution in [0.3, 0.4) is 0 Å². The summed E-state index contributed by atoms with van der Waals surface area (Å²) in [7, 11) is 1.96. The molecule has 1 saturated heterocycles. The van der Waals surface area contributed by atoms with Gasteiger partial charge in [-0.05, 0) is 43.0 Å². The van der Waals surface area contributed by atoms with E-state index < -0.39 is 5.97 Å². The van der Waals surface area contributed by atoms with Gasteiger partial charge in [0.05, 0.1) is 12.1 Å². The first-order chi connectivity index (χ1) is 10.6. The van der Waals surface area contributed by atoms with E-state index >= 15 is 0 Å². The molecule has 1 aromatic carbocycles. The zero-order valence-electron chi connectivity index (χ0n) is 12.6. The van der Waals surface area contributed by atoms with Gasteiger partial charge in [-0.2, -0.15) is 0 Å². The number of hydrogen-bond acceptors (Lipinski definition) is 4. The van der Waals surface area contributed by atoms with Gasteiger partial charge in [-0.15, -0.1) is 10.2 Å². The van der Waals surface area contributed by atoms with Crippen molar-refractivity contribution in [3.05, 3.63) is 47.5 Å². The Morgan fingerprint density at radius 2 is 2.14 bits per heavy atom. The molecule has 0 spiro atoms. The Hall–Kier alpha value is -2.21. The fourth-order valence-electron chi connectivity index (χ4n) is 3.02. The van der Waals surface area contributed by atoms with Crippen LogP contribution in [0.25, 0.3) is 0 Å². The van der Waals surface area contributed by atoms with E-state index in [4.69, 9.17) is 5.11 Å². The molecule has 0 radical (unpaired) electrons. The first-order valence-corrected chi connectivity index (χ1v) is 7.52. The van der Waals surface area contributed by atoms with Gasteiger partial charge in [0.15, 0.2) is 0 Å². The minimum Gasteiger partial charge on any atom is -0.478 e. The Kier molecular flexibility index (Phi) is 4.20. The molecule has 2 heterocycles. The molecule has 6 heteroatoms. The number of rotatable bonds is 4. The van der Waals surface area contributed by atoms with Crippen molar-refractivity contribution in [3.8, 4) is 0 Å². The van der Waals surface area contributed by atoms with Crippen molar-refractivity contribution in [1.29, 1.82) is 0 Å². The Bertz CT molecular complexity index is 650. The standard InChI is InChI=1S/C16H20N4O2/c1-19-11-17-18-15(19)10-20-8-2-3-14(9-20)12-4-6-13(7-5-12)16(21)22/h4-7,11,14H,2-3,8-10H2,1H3,(H,21,22)/t14-/m0/s1. The van der Waals surface area contributed by atoms with Crippen LogP contribution in [-0.4, -0.2) is 43.8 Å². The predicted octanol–water partition coefficient (Wildman–Crippen LogP) is 1.89. The van der Waals surface area contributed by atoms with Crippen LogP contribution >= 0.6 is 0 Å². The van der Waals surface area contributed by atoms with Crippen molar-refractivity contribution in [3.63, 3.8) is 0 Å². The fourth-order valence-corrected chi connectivity index (χ4v) is 3.02. The summed E-state index contributed by atoms with van der Waals surface area (Å²) in [5, 5.41) is 17.0. The van der Waals surface area contributed by atoms with E-state index in [9.17, 15) is 4.79 Å². The maximum atomic E-state index is 10.9. The van der Waals surface area contributed by atoms with Crippen LogP contribution in [0.15, 0.2) is 30.6 Å². The summed E-state index contributed by atoms with van der Waals surface area (Å²) in [4.78, 5) is 13.3. The second-order valence-electron chi connectivity index (χ2n) is 5.86. The summed E-state index contributed by atoms with van der Waals surface area (Å²) in [6, 6.07) is 7.28. The van der Waals surface area contributed by atoms with Gasteiger partial charge >= 0.3 is 5.97 Å². The quantitative estimate of drug-likeness (QED) is 0.933. The van der Waals surface area contributed by atoms with Crippen molar-refractivity contribution in [2.45, 2.75) is 25.3 Å². The van der Waals surface area contributed by atoms with Crippen molar-refractivity contribution < 1.29 is 9.90 Å². The van der Waals surface area contributed by atoms with Gasteiger partial charge in [0, 0.05) is 13.6 Å². The third kappa shape index (κ3) is 3.17. The minimum atomic E-state index is -0.876. The molecule has 1 N–H and O–H groups in total. The van der Waals surface area contributed by atoms with Gasteiger partial charge in [0.2, 0.25) is 0 Å². The van der Waals surface area contributed by atoms with E-state index in [1.54, 1.807) is 18.5 Å². The number of likely N-dealkylation sites (tertiary alicyclic amines) is 1. The third-order valence-corrected chi connectivity index (χ3v) is 4.30. The second kappa shape index (κ2) is 6.27. The highest BCUT2D eigenvalue weighted by molar-refractivity contribution is 5.87. The van der Waals surface area contributed by atoms with Crippen molar-refractivity contribution in [2.24, 2.45) is 7.05 Å². The lowest BCUT2D eigenvalue weighted by Gasteiger charge is -2.32. The van der Waals surface area contributed by atoms with Gasteiger partial charge in [-0.3, -0.25) is 4.90 Å².